The van der Waals surface area contributed by atoms with Crippen LogP contribution < -0.4 is 11.1 Å². The van der Waals surface area contributed by atoms with Crippen molar-refractivity contribution in [1.29, 1.82) is 0 Å². The van der Waals surface area contributed by atoms with Crippen LogP contribution in [0.15, 0.2) is 0 Å². The number of nitrogens with zero attached hydrogens (tertiary/aromatic N) is 2. The lowest BCUT2D eigenvalue weighted by Gasteiger charge is -2.23. The number of carbonyl (C=O) groups is 3. The second kappa shape index (κ2) is 2.21. The lowest BCUT2D eigenvalue weighted by Crippen LogP contribution is -2.55. The molecule has 2 fully saturated rings. The molecule has 0 aromatic rings. The highest BCUT2D eigenvalue weighted by Crippen LogP contribution is 2.33. The molecule has 2 saturated heterocycles. The first-order valence-electron chi connectivity index (χ1n) is 3.97. The fourth-order valence-corrected chi connectivity index (χ4v) is 1.90. The van der Waals surface area contributed by atoms with Crippen LogP contribution in [0.3, 0.4) is 0 Å². The molecule has 1 atom stereocenters. The van der Waals surface area contributed by atoms with E-state index in [2.05, 4.69) is 5.32 Å². The van der Waals surface area contributed by atoms with Gasteiger partial charge < -0.3 is 5.73 Å². The van der Waals surface area contributed by atoms with Gasteiger partial charge in [-0.2, -0.15) is 5.32 Å². The van der Waals surface area contributed by atoms with Crippen molar-refractivity contribution in [3.8, 4) is 0 Å². The van der Waals surface area contributed by atoms with Gasteiger partial charge in [-0.1, -0.05) is 0 Å². The van der Waals surface area contributed by atoms with Gasteiger partial charge >= 0.3 is 6.03 Å². The topological polar surface area (TPSA) is 94.6 Å². The average Bonchev–Trinajstić information content (AvgIpc) is 2.54. The molecule has 0 bridgehead atoms. The van der Waals surface area contributed by atoms with Gasteiger partial charge in [-0.15, -0.1) is 0 Å². The minimum atomic E-state index is -1.45. The number of fused-ring (bicyclic) bond motifs is 1. The summed E-state index contributed by atoms with van der Waals surface area (Å²) in [5.41, 5.74) is 3.67. The summed E-state index contributed by atoms with van der Waals surface area (Å²) in [6.45, 7) is 0.386. The highest BCUT2D eigenvalue weighted by Gasteiger charge is 2.61. The van der Waals surface area contributed by atoms with E-state index in [4.69, 9.17) is 5.73 Å². The van der Waals surface area contributed by atoms with E-state index in [1.54, 1.807) is 0 Å². The van der Waals surface area contributed by atoms with E-state index in [0.717, 1.165) is 4.90 Å². The first-order chi connectivity index (χ1) is 6.09. The molecule has 0 spiro atoms. The number of hydrogen-bond acceptors (Lipinski definition) is 3. The molecule has 2 aliphatic rings. The molecule has 0 saturated carbocycles. The Morgan fingerprint density at radius 1 is 1.54 bits per heavy atom. The second-order valence-corrected chi connectivity index (χ2v) is 3.18. The Labute approximate surface area is 74.1 Å². The summed E-state index contributed by atoms with van der Waals surface area (Å²) in [7, 11) is 0. The molecule has 1 unspecified atom stereocenters. The lowest BCUT2D eigenvalue weighted by atomic mass is 9.96. The summed E-state index contributed by atoms with van der Waals surface area (Å²) in [5.74, 6) is -1.48. The molecule has 1 radical (unpaired) electrons. The molecular formula is C7H8N3O3. The molecule has 0 aromatic carbocycles. The van der Waals surface area contributed by atoms with Crippen molar-refractivity contribution in [1.82, 2.24) is 10.2 Å². The zero-order valence-electron chi connectivity index (χ0n) is 6.82. The van der Waals surface area contributed by atoms with Crippen LogP contribution in [0.5, 0.6) is 0 Å². The third kappa shape index (κ3) is 0.746. The predicted molar refractivity (Wildman–Crippen MR) is 40.4 cm³/mol. The number of nitrogens with two attached hydrogens (primary N) is 1. The van der Waals surface area contributed by atoms with Crippen molar-refractivity contribution in [3.63, 3.8) is 0 Å². The van der Waals surface area contributed by atoms with E-state index in [1.165, 1.54) is 0 Å². The molecule has 2 heterocycles. The van der Waals surface area contributed by atoms with Gasteiger partial charge in [-0.25, -0.2) is 4.79 Å². The van der Waals surface area contributed by atoms with Crippen LogP contribution in [0.25, 0.3) is 0 Å². The van der Waals surface area contributed by atoms with Gasteiger partial charge in [0.05, 0.1) is 0 Å². The van der Waals surface area contributed by atoms with Crippen LogP contribution in [0.4, 0.5) is 4.79 Å². The number of carbonyl (C=O) groups excluding carboxylic acids is 3. The van der Waals surface area contributed by atoms with E-state index in [1.807, 2.05) is 0 Å². The van der Waals surface area contributed by atoms with E-state index >= 15 is 0 Å². The van der Waals surface area contributed by atoms with Crippen LogP contribution in [0.1, 0.15) is 12.8 Å². The largest absolute Gasteiger partial charge is 0.367 e. The number of primary amides is 1. The molecule has 2 rings (SSSR count). The SMILES string of the molecule is NC(=O)C12CCCN1C(=O)[N]C2=O. The summed E-state index contributed by atoms with van der Waals surface area (Å²) in [6.07, 6.45) is 0.923. The molecule has 6 nitrogen and oxygen atoms in total. The molecule has 6 heteroatoms. The van der Waals surface area contributed by atoms with Crippen molar-refractivity contribution < 1.29 is 14.4 Å². The molecule has 0 aromatic heterocycles. The summed E-state index contributed by atoms with van der Waals surface area (Å²) in [5, 5.41) is 3.21. The first kappa shape index (κ1) is 8.03. The number of hydrogen-bond donors (Lipinski definition) is 1. The van der Waals surface area contributed by atoms with Crippen LogP contribution in [-0.4, -0.2) is 34.8 Å². The highest BCUT2D eigenvalue weighted by atomic mass is 16.2. The second-order valence-electron chi connectivity index (χ2n) is 3.18. The van der Waals surface area contributed by atoms with Crippen molar-refractivity contribution in [3.05, 3.63) is 0 Å². The van der Waals surface area contributed by atoms with Gasteiger partial charge in [0.1, 0.15) is 0 Å². The fourth-order valence-electron chi connectivity index (χ4n) is 1.90. The minimum absolute atomic E-state index is 0.302. The molecule has 0 aliphatic carbocycles. The van der Waals surface area contributed by atoms with Crippen molar-refractivity contribution in [2.24, 2.45) is 5.73 Å². The minimum Gasteiger partial charge on any atom is -0.367 e. The average molecular weight is 182 g/mol. The van der Waals surface area contributed by atoms with Crippen molar-refractivity contribution in [2.75, 3.05) is 6.54 Å². The maximum atomic E-state index is 11.3. The first-order valence-corrected chi connectivity index (χ1v) is 3.97. The maximum Gasteiger partial charge on any atom is 0.348 e. The van der Waals surface area contributed by atoms with E-state index in [0.29, 0.717) is 19.4 Å². The third-order valence-corrected chi connectivity index (χ3v) is 2.57. The highest BCUT2D eigenvalue weighted by molar-refractivity contribution is 6.19. The number of rotatable bonds is 1. The van der Waals surface area contributed by atoms with E-state index in [-0.39, 0.29) is 0 Å². The molecule has 2 N–H and O–H groups in total. The van der Waals surface area contributed by atoms with Crippen LogP contribution in [0, 0.1) is 0 Å². The van der Waals surface area contributed by atoms with Crippen LogP contribution in [0.2, 0.25) is 0 Å². The Morgan fingerprint density at radius 3 is 2.77 bits per heavy atom. The smallest absolute Gasteiger partial charge is 0.348 e. The lowest BCUT2D eigenvalue weighted by molar-refractivity contribution is -0.137. The Balaban J connectivity index is 2.48. The van der Waals surface area contributed by atoms with E-state index < -0.39 is 23.4 Å². The molecule has 2 aliphatic heterocycles. The summed E-state index contributed by atoms with van der Waals surface area (Å²) < 4.78 is 0. The van der Waals surface area contributed by atoms with Crippen molar-refractivity contribution in [2.45, 2.75) is 18.4 Å². The third-order valence-electron chi connectivity index (χ3n) is 2.57. The van der Waals surface area contributed by atoms with Gasteiger partial charge in [-0.05, 0) is 12.8 Å². The standard InChI is InChI=1S/C7H8N3O3/c8-4(11)7-2-1-3-10(7)6(13)9-5(7)12/h1-3H2,(H2,8,11). The Bertz CT molecular complexity index is 314. The Kier molecular flexibility index (Phi) is 1.37. The summed E-state index contributed by atoms with van der Waals surface area (Å²) >= 11 is 0. The Morgan fingerprint density at radius 2 is 2.23 bits per heavy atom. The van der Waals surface area contributed by atoms with E-state index in [9.17, 15) is 14.4 Å². The number of amides is 4. The fraction of sp³-hybridized carbons (Fsp3) is 0.571. The predicted octanol–water partition coefficient (Wildman–Crippen LogP) is -1.43. The summed E-state index contributed by atoms with van der Waals surface area (Å²) in [4.78, 5) is 34.7. The normalized spacial score (nSPS) is 31.8. The van der Waals surface area contributed by atoms with Gasteiger partial charge in [0.15, 0.2) is 0 Å². The van der Waals surface area contributed by atoms with Crippen LogP contribution >= 0.6 is 0 Å². The summed E-state index contributed by atoms with van der Waals surface area (Å²) in [6, 6.07) is -0.638. The maximum absolute atomic E-state index is 11.3. The molecule has 69 valence electrons. The monoisotopic (exact) mass is 182 g/mol. The number of imide groups is 1. The zero-order valence-corrected chi connectivity index (χ0v) is 6.82. The Hall–Kier alpha value is -1.59. The van der Waals surface area contributed by atoms with Gasteiger partial charge in [0.2, 0.25) is 5.54 Å². The molecule has 13 heavy (non-hydrogen) atoms. The molecular weight excluding hydrogens is 174 g/mol. The molecule has 4 amide bonds. The van der Waals surface area contributed by atoms with Crippen molar-refractivity contribution >= 4 is 17.8 Å². The zero-order chi connectivity index (χ0) is 9.64. The van der Waals surface area contributed by atoms with Gasteiger partial charge in [-0.3, -0.25) is 14.5 Å². The van der Waals surface area contributed by atoms with Gasteiger partial charge in [0.25, 0.3) is 11.8 Å². The van der Waals surface area contributed by atoms with Crippen LogP contribution in [-0.2, 0) is 9.59 Å². The quantitative estimate of drug-likeness (QED) is 0.398. The van der Waals surface area contributed by atoms with Gasteiger partial charge in [0, 0.05) is 6.54 Å². The number of urea groups is 1.